The van der Waals surface area contributed by atoms with Crippen molar-refractivity contribution in [3.8, 4) is 0 Å². The van der Waals surface area contributed by atoms with Crippen molar-refractivity contribution in [2.24, 2.45) is 17.8 Å². The molecule has 1 saturated carbocycles. The lowest BCUT2D eigenvalue weighted by Gasteiger charge is -2.16. The molecule has 1 aliphatic heterocycles. The molecule has 1 saturated heterocycles. The van der Waals surface area contributed by atoms with Crippen LogP contribution in [0.1, 0.15) is 48.2 Å². The highest BCUT2D eigenvalue weighted by Crippen LogP contribution is 2.53. The van der Waals surface area contributed by atoms with Crippen LogP contribution in [0.5, 0.6) is 0 Å². The Morgan fingerprint density at radius 2 is 1.64 bits per heavy atom. The van der Waals surface area contributed by atoms with Gasteiger partial charge in [-0.15, -0.1) is 5.06 Å². The van der Waals surface area contributed by atoms with E-state index in [1.54, 1.807) is 0 Å². The Bertz CT molecular complexity index is 760. The Labute approximate surface area is 145 Å². The maximum atomic E-state index is 12.5. The second-order valence-electron chi connectivity index (χ2n) is 7.27. The van der Waals surface area contributed by atoms with Gasteiger partial charge in [-0.1, -0.05) is 0 Å². The number of rotatable bonds is 2. The van der Waals surface area contributed by atoms with Crippen LogP contribution in [0.2, 0.25) is 0 Å². The van der Waals surface area contributed by atoms with E-state index in [1.165, 1.54) is 11.1 Å². The van der Waals surface area contributed by atoms with Gasteiger partial charge in [-0.2, -0.15) is 10.2 Å². The molecule has 2 aliphatic carbocycles. The summed E-state index contributed by atoms with van der Waals surface area (Å²) in [6.45, 7) is 3.94. The van der Waals surface area contributed by atoms with E-state index >= 15 is 0 Å². The average molecular weight is 343 g/mol. The summed E-state index contributed by atoms with van der Waals surface area (Å²) in [7, 11) is 0. The predicted octanol–water partition coefficient (Wildman–Crippen LogP) is 1.44. The quantitative estimate of drug-likeness (QED) is 0.755. The summed E-state index contributed by atoms with van der Waals surface area (Å²) < 4.78 is 0. The van der Waals surface area contributed by atoms with Crippen molar-refractivity contribution >= 4 is 17.8 Å². The lowest BCUT2D eigenvalue weighted by molar-refractivity contribution is -0.199. The maximum Gasteiger partial charge on any atom is 0.336 e. The van der Waals surface area contributed by atoms with E-state index in [1.807, 2.05) is 13.8 Å². The molecule has 0 spiro atoms. The number of aromatic nitrogens is 2. The number of imide groups is 1. The van der Waals surface area contributed by atoms with Crippen LogP contribution >= 0.6 is 0 Å². The molecule has 1 aromatic heterocycles. The molecule has 132 valence electrons. The fourth-order valence-corrected chi connectivity index (χ4v) is 4.34. The highest BCUT2D eigenvalue weighted by Gasteiger charge is 2.56. The Morgan fingerprint density at radius 1 is 1.00 bits per heavy atom. The summed E-state index contributed by atoms with van der Waals surface area (Å²) >= 11 is 0. The van der Waals surface area contributed by atoms with Gasteiger partial charge in [0.25, 0.3) is 11.8 Å². The number of carbonyl (C=O) groups excluding carboxylic acids is 3. The first-order chi connectivity index (χ1) is 12.0. The number of fused-ring (bicyclic) bond motifs is 2. The molecule has 7 heteroatoms. The monoisotopic (exact) mass is 343 g/mol. The summed E-state index contributed by atoms with van der Waals surface area (Å²) in [5.41, 5.74) is 4.35. The fourth-order valence-electron chi connectivity index (χ4n) is 4.34. The van der Waals surface area contributed by atoms with Crippen LogP contribution < -0.4 is 0 Å². The Balaban J connectivity index is 1.51. The largest absolute Gasteiger partial charge is 0.336 e. The third kappa shape index (κ3) is 2.71. The van der Waals surface area contributed by atoms with Crippen molar-refractivity contribution in [2.45, 2.75) is 52.4 Å². The summed E-state index contributed by atoms with van der Waals surface area (Å²) in [6, 6.07) is 0. The zero-order chi connectivity index (χ0) is 17.7. The molecule has 0 radical (unpaired) electrons. The highest BCUT2D eigenvalue weighted by atomic mass is 16.7. The van der Waals surface area contributed by atoms with Crippen LogP contribution in [0.4, 0.5) is 0 Å². The van der Waals surface area contributed by atoms with Crippen LogP contribution in [-0.4, -0.2) is 33.0 Å². The second kappa shape index (κ2) is 5.89. The van der Waals surface area contributed by atoms with Gasteiger partial charge in [0, 0.05) is 12.8 Å². The molecule has 2 amide bonds. The number of hydrogen-bond donors (Lipinski definition) is 0. The molecule has 25 heavy (non-hydrogen) atoms. The second-order valence-corrected chi connectivity index (χ2v) is 7.27. The van der Waals surface area contributed by atoms with Crippen LogP contribution in [0.3, 0.4) is 0 Å². The van der Waals surface area contributed by atoms with Gasteiger partial charge >= 0.3 is 5.97 Å². The molecule has 1 aromatic rings. The van der Waals surface area contributed by atoms with E-state index in [4.69, 9.17) is 4.84 Å². The normalized spacial score (nSPS) is 28.1. The average Bonchev–Trinajstić information content (AvgIpc) is 3.14. The molecule has 0 N–H and O–H groups in total. The SMILES string of the molecule is Cc1nnc(C)c2c1CCCC1C(C2)C1C(=O)ON1C(=O)CCC1=O. The first-order valence-corrected chi connectivity index (χ1v) is 8.86. The minimum atomic E-state index is -0.446. The highest BCUT2D eigenvalue weighted by molar-refractivity contribution is 6.01. The van der Waals surface area contributed by atoms with Crippen molar-refractivity contribution in [2.75, 3.05) is 0 Å². The molecule has 3 aliphatic rings. The van der Waals surface area contributed by atoms with Crippen molar-refractivity contribution < 1.29 is 19.2 Å². The molecule has 0 bridgehead atoms. The Morgan fingerprint density at radius 3 is 2.32 bits per heavy atom. The van der Waals surface area contributed by atoms with Crippen molar-refractivity contribution in [1.82, 2.24) is 15.3 Å². The van der Waals surface area contributed by atoms with Crippen LogP contribution in [0, 0.1) is 31.6 Å². The number of nitrogens with zero attached hydrogens (tertiary/aromatic N) is 3. The van der Waals surface area contributed by atoms with Crippen molar-refractivity contribution in [3.63, 3.8) is 0 Å². The van der Waals surface area contributed by atoms with Crippen molar-refractivity contribution in [1.29, 1.82) is 0 Å². The molecule has 3 atom stereocenters. The molecular weight excluding hydrogens is 322 g/mol. The number of hydroxylamine groups is 2. The van der Waals surface area contributed by atoms with Crippen molar-refractivity contribution in [3.05, 3.63) is 22.5 Å². The van der Waals surface area contributed by atoms with E-state index in [0.29, 0.717) is 5.06 Å². The van der Waals surface area contributed by atoms with Gasteiger partial charge < -0.3 is 4.84 Å². The van der Waals surface area contributed by atoms with Gasteiger partial charge in [0.1, 0.15) is 0 Å². The summed E-state index contributed by atoms with van der Waals surface area (Å²) in [6.07, 6.45) is 3.91. The summed E-state index contributed by atoms with van der Waals surface area (Å²) in [5.74, 6) is -1.08. The first kappa shape index (κ1) is 16.2. The molecule has 7 nitrogen and oxygen atoms in total. The van der Waals surface area contributed by atoms with Crippen LogP contribution in [-0.2, 0) is 32.1 Å². The Hall–Kier alpha value is -2.31. The standard InChI is InChI=1S/C18H21N3O4/c1-9-11-4-3-5-12-14(8-13(11)10(2)20-19-9)17(12)18(24)25-21-15(22)6-7-16(21)23/h12,14,17H,3-8H2,1-2H3. The van der Waals surface area contributed by atoms with E-state index in [-0.39, 0.29) is 30.6 Å². The molecule has 2 heterocycles. The predicted molar refractivity (Wildman–Crippen MR) is 85.8 cm³/mol. The number of amides is 2. The van der Waals surface area contributed by atoms with Gasteiger partial charge in [0.2, 0.25) is 0 Å². The number of aryl methyl sites for hydroxylation is 2. The smallest absolute Gasteiger partial charge is 0.330 e. The van der Waals surface area contributed by atoms with E-state index < -0.39 is 17.8 Å². The van der Waals surface area contributed by atoms with Gasteiger partial charge in [-0.3, -0.25) is 9.59 Å². The third-order valence-electron chi connectivity index (χ3n) is 5.78. The van der Waals surface area contributed by atoms with Gasteiger partial charge in [0.15, 0.2) is 0 Å². The number of carbonyl (C=O) groups is 3. The van der Waals surface area contributed by atoms with Crippen LogP contribution in [0.25, 0.3) is 0 Å². The van der Waals surface area contributed by atoms with Gasteiger partial charge in [-0.05, 0) is 62.5 Å². The topological polar surface area (TPSA) is 89.5 Å². The molecule has 3 unspecified atom stereocenters. The lowest BCUT2D eigenvalue weighted by atomic mass is 9.92. The van der Waals surface area contributed by atoms with Crippen LogP contribution in [0.15, 0.2) is 0 Å². The first-order valence-electron chi connectivity index (χ1n) is 8.86. The lowest BCUT2D eigenvalue weighted by Crippen LogP contribution is -2.33. The van der Waals surface area contributed by atoms with Gasteiger partial charge in [-0.25, -0.2) is 4.79 Å². The minimum absolute atomic E-state index is 0.119. The summed E-state index contributed by atoms with van der Waals surface area (Å²) in [4.78, 5) is 40.9. The van der Waals surface area contributed by atoms with Gasteiger partial charge in [0.05, 0.1) is 17.3 Å². The van der Waals surface area contributed by atoms with E-state index in [2.05, 4.69) is 10.2 Å². The Kier molecular flexibility index (Phi) is 3.81. The molecule has 2 fully saturated rings. The maximum absolute atomic E-state index is 12.5. The zero-order valence-electron chi connectivity index (χ0n) is 14.4. The molecule has 4 rings (SSSR count). The summed E-state index contributed by atoms with van der Waals surface area (Å²) in [5, 5.41) is 9.10. The zero-order valence-corrected chi connectivity index (χ0v) is 14.4. The minimum Gasteiger partial charge on any atom is -0.330 e. The fraction of sp³-hybridized carbons (Fsp3) is 0.611. The number of hydrogen-bond acceptors (Lipinski definition) is 6. The molecular formula is C18H21N3O4. The third-order valence-corrected chi connectivity index (χ3v) is 5.78. The van der Waals surface area contributed by atoms with E-state index in [0.717, 1.165) is 37.1 Å². The molecule has 0 aromatic carbocycles. The van der Waals surface area contributed by atoms with E-state index in [9.17, 15) is 14.4 Å².